The van der Waals surface area contributed by atoms with Gasteiger partial charge >= 0.3 is 0 Å². The Bertz CT molecular complexity index is 882. The molecule has 3 N–H and O–H groups in total. The second-order valence-corrected chi connectivity index (χ2v) is 8.96. The van der Waals surface area contributed by atoms with E-state index in [-0.39, 0.29) is 35.5 Å². The highest BCUT2D eigenvalue weighted by molar-refractivity contribution is 6.07. The van der Waals surface area contributed by atoms with Crippen molar-refractivity contribution >= 4 is 11.8 Å². The smallest absolute Gasteiger partial charge is 0.234 e. The van der Waals surface area contributed by atoms with E-state index in [2.05, 4.69) is 53.8 Å². The van der Waals surface area contributed by atoms with Gasteiger partial charge in [-0.1, -0.05) is 48.5 Å². The molecular weight excluding hydrogens is 362 g/mol. The minimum Gasteiger partial charge on any atom is -0.337 e. The van der Waals surface area contributed by atoms with Crippen molar-refractivity contribution in [3.05, 3.63) is 70.8 Å². The lowest BCUT2D eigenvalue weighted by atomic mass is 9.55. The number of likely N-dealkylation sites (tertiary alicyclic amines) is 1. The first-order valence-corrected chi connectivity index (χ1v) is 10.9. The maximum atomic E-state index is 13.5. The third-order valence-corrected chi connectivity index (χ3v) is 7.63. The molecule has 29 heavy (non-hydrogen) atoms. The number of piperazine rings is 1. The van der Waals surface area contributed by atoms with Crippen molar-refractivity contribution < 1.29 is 19.8 Å². The highest BCUT2D eigenvalue weighted by atomic mass is 16.2. The highest BCUT2D eigenvalue weighted by Gasteiger charge is 2.61. The lowest BCUT2D eigenvalue weighted by Crippen LogP contribution is -3.20. The summed E-state index contributed by atoms with van der Waals surface area (Å²) in [6.07, 6.45) is 0. The van der Waals surface area contributed by atoms with E-state index in [9.17, 15) is 9.59 Å². The fourth-order valence-corrected chi connectivity index (χ4v) is 6.36. The summed E-state index contributed by atoms with van der Waals surface area (Å²) < 4.78 is 0. The number of imide groups is 1. The average molecular weight is 389 g/mol. The molecule has 2 fully saturated rings. The fraction of sp³-hybridized carbons (Fsp3) is 0.417. The molecular formula is C24H27N3O2+2. The Morgan fingerprint density at radius 3 is 1.69 bits per heavy atom. The van der Waals surface area contributed by atoms with Crippen LogP contribution >= 0.6 is 0 Å². The summed E-state index contributed by atoms with van der Waals surface area (Å²) in [7, 11) is 0. The standard InChI is InChI=1S/C24H25N3O2/c28-23-21-19-15-5-1-2-6-16(15)20(18-8-4-3-7-17(18)19)22(21)24(29)27(23)14-13-26-11-9-25-10-12-26/h1-8,19-22,25H,9-14H2/p+2/t19?,20?,21-,22-/m0/s1. The number of nitrogens with one attached hydrogen (secondary N) is 1. The van der Waals surface area contributed by atoms with Gasteiger partial charge in [0, 0.05) is 11.8 Å². The van der Waals surface area contributed by atoms with Crippen molar-refractivity contribution in [1.29, 1.82) is 0 Å². The summed E-state index contributed by atoms with van der Waals surface area (Å²) >= 11 is 0. The molecule has 2 bridgehead atoms. The molecule has 5 nitrogen and oxygen atoms in total. The summed E-state index contributed by atoms with van der Waals surface area (Å²) in [4.78, 5) is 30.2. The van der Waals surface area contributed by atoms with Crippen LogP contribution in [0.2, 0.25) is 0 Å². The van der Waals surface area contributed by atoms with Crippen LogP contribution in [0.4, 0.5) is 0 Å². The van der Waals surface area contributed by atoms with Crippen LogP contribution in [0.1, 0.15) is 34.1 Å². The molecule has 3 aliphatic carbocycles. The number of amides is 2. The van der Waals surface area contributed by atoms with Crippen LogP contribution in [-0.2, 0) is 9.59 Å². The zero-order chi connectivity index (χ0) is 19.5. The first-order valence-electron chi connectivity index (χ1n) is 10.9. The summed E-state index contributed by atoms with van der Waals surface area (Å²) in [6.45, 7) is 5.94. The quantitative estimate of drug-likeness (QED) is 0.685. The third-order valence-electron chi connectivity index (χ3n) is 7.63. The van der Waals surface area contributed by atoms with Crippen molar-refractivity contribution in [3.8, 4) is 0 Å². The molecule has 7 rings (SSSR count). The molecule has 0 radical (unpaired) electrons. The van der Waals surface area contributed by atoms with Crippen LogP contribution in [0.15, 0.2) is 48.5 Å². The SMILES string of the molecule is O=C1[C@H]2C3c4ccccc4C(c4ccccc43)[C@@H]2C(=O)N1CC[NH+]1CC[NH2+]CC1. The van der Waals surface area contributed by atoms with Gasteiger partial charge in [-0.2, -0.15) is 0 Å². The van der Waals surface area contributed by atoms with E-state index in [4.69, 9.17) is 0 Å². The van der Waals surface area contributed by atoms with Crippen LogP contribution in [0.25, 0.3) is 0 Å². The Hall–Kier alpha value is -2.50. The average Bonchev–Trinajstić information content (AvgIpc) is 3.03. The van der Waals surface area contributed by atoms with Crippen molar-refractivity contribution in [2.24, 2.45) is 11.8 Å². The second kappa shape index (κ2) is 6.51. The van der Waals surface area contributed by atoms with E-state index in [1.54, 1.807) is 4.90 Å². The van der Waals surface area contributed by atoms with Gasteiger partial charge in [0.2, 0.25) is 11.8 Å². The third kappa shape index (κ3) is 2.41. The number of nitrogens with two attached hydrogens (primary N) is 1. The Labute approximate surface area is 170 Å². The number of quaternary nitrogens is 2. The van der Waals surface area contributed by atoms with Crippen LogP contribution in [0, 0.1) is 11.8 Å². The lowest BCUT2D eigenvalue weighted by Gasteiger charge is -2.45. The number of benzene rings is 2. The Morgan fingerprint density at radius 2 is 1.24 bits per heavy atom. The van der Waals surface area contributed by atoms with E-state index >= 15 is 0 Å². The number of carbonyl (C=O) groups is 2. The zero-order valence-electron chi connectivity index (χ0n) is 16.5. The summed E-state index contributed by atoms with van der Waals surface area (Å²) in [5.41, 5.74) is 4.99. The van der Waals surface area contributed by atoms with Gasteiger partial charge in [-0.3, -0.25) is 14.5 Å². The van der Waals surface area contributed by atoms with E-state index < -0.39 is 0 Å². The molecule has 2 aromatic carbocycles. The Morgan fingerprint density at radius 1 is 0.793 bits per heavy atom. The molecule has 148 valence electrons. The number of nitrogens with zero attached hydrogens (tertiary/aromatic N) is 1. The van der Waals surface area contributed by atoms with Crippen molar-refractivity contribution in [2.45, 2.75) is 11.8 Å². The van der Waals surface area contributed by atoms with Gasteiger partial charge in [-0.05, 0) is 22.3 Å². The molecule has 2 aromatic rings. The summed E-state index contributed by atoms with van der Waals surface area (Å²) in [6, 6.07) is 16.9. The van der Waals surface area contributed by atoms with Crippen LogP contribution < -0.4 is 10.2 Å². The Kier molecular flexibility index (Phi) is 3.90. The maximum absolute atomic E-state index is 13.5. The molecule has 2 saturated heterocycles. The molecule has 0 aromatic heterocycles. The van der Waals surface area contributed by atoms with E-state index in [0.717, 1.165) is 32.7 Å². The first-order chi connectivity index (χ1) is 14.3. The highest BCUT2D eigenvalue weighted by Crippen LogP contribution is 2.60. The minimum absolute atomic E-state index is 0.00998. The molecule has 0 saturated carbocycles. The van der Waals surface area contributed by atoms with Crippen molar-refractivity contribution in [1.82, 2.24) is 4.90 Å². The summed E-state index contributed by atoms with van der Waals surface area (Å²) in [5.74, 6) is -0.334. The topological polar surface area (TPSA) is 58.4 Å². The van der Waals surface area contributed by atoms with Gasteiger partial charge in [0.25, 0.3) is 0 Å². The number of hydrogen-bond donors (Lipinski definition) is 2. The molecule has 2 heterocycles. The minimum atomic E-state index is -0.234. The molecule has 5 aliphatic rings. The maximum Gasteiger partial charge on any atom is 0.234 e. The molecule has 0 unspecified atom stereocenters. The Balaban J connectivity index is 1.37. The van der Waals surface area contributed by atoms with E-state index in [0.29, 0.717) is 6.54 Å². The second-order valence-electron chi connectivity index (χ2n) is 8.96. The van der Waals surface area contributed by atoms with Crippen LogP contribution in [-0.4, -0.2) is 56.0 Å². The number of carbonyl (C=O) groups excluding carboxylic acids is 2. The van der Waals surface area contributed by atoms with Gasteiger partial charge < -0.3 is 10.2 Å². The van der Waals surface area contributed by atoms with E-state index in [1.165, 1.54) is 27.2 Å². The van der Waals surface area contributed by atoms with Gasteiger partial charge in [0.05, 0.1) is 24.9 Å². The molecule has 2 amide bonds. The van der Waals surface area contributed by atoms with Gasteiger partial charge in [0.1, 0.15) is 26.2 Å². The van der Waals surface area contributed by atoms with Crippen LogP contribution in [0.3, 0.4) is 0 Å². The molecule has 5 heteroatoms. The number of rotatable bonds is 3. The molecule has 2 aliphatic heterocycles. The lowest BCUT2D eigenvalue weighted by molar-refractivity contribution is -0.946. The van der Waals surface area contributed by atoms with Gasteiger partial charge in [-0.15, -0.1) is 0 Å². The molecule has 2 atom stereocenters. The van der Waals surface area contributed by atoms with E-state index in [1.807, 2.05) is 0 Å². The van der Waals surface area contributed by atoms with Gasteiger partial charge in [-0.25, -0.2) is 0 Å². The zero-order valence-corrected chi connectivity index (χ0v) is 16.5. The largest absolute Gasteiger partial charge is 0.337 e. The first kappa shape index (κ1) is 17.4. The van der Waals surface area contributed by atoms with Crippen molar-refractivity contribution in [3.63, 3.8) is 0 Å². The predicted octanol–water partition coefficient (Wildman–Crippen LogP) is -0.659. The number of hydrogen-bond acceptors (Lipinski definition) is 2. The monoisotopic (exact) mass is 389 g/mol. The van der Waals surface area contributed by atoms with Crippen LogP contribution in [0.5, 0.6) is 0 Å². The van der Waals surface area contributed by atoms with Crippen molar-refractivity contribution in [2.75, 3.05) is 39.3 Å². The molecule has 0 spiro atoms. The summed E-state index contributed by atoms with van der Waals surface area (Å²) in [5, 5.41) is 2.34. The van der Waals surface area contributed by atoms with Gasteiger partial charge in [0.15, 0.2) is 0 Å². The predicted molar refractivity (Wildman–Crippen MR) is 107 cm³/mol. The normalized spacial score (nSPS) is 30.3. The fourth-order valence-electron chi connectivity index (χ4n) is 6.36.